The van der Waals surface area contributed by atoms with Gasteiger partial charge in [-0.25, -0.2) is 19.3 Å². The molecule has 2 aliphatic rings. The third-order valence-electron chi connectivity index (χ3n) is 7.82. The zero-order valence-corrected chi connectivity index (χ0v) is 23.9. The summed E-state index contributed by atoms with van der Waals surface area (Å²) in [5.74, 6) is 0.196. The summed E-state index contributed by atoms with van der Waals surface area (Å²) in [4.78, 5) is 29.8. The van der Waals surface area contributed by atoms with Crippen LogP contribution in [0.5, 0.6) is 5.88 Å². The zero-order chi connectivity index (χ0) is 29.1. The molecule has 2 aliphatic heterocycles. The number of ether oxygens (including phenoxy) is 1. The van der Waals surface area contributed by atoms with Gasteiger partial charge in [-0.15, -0.1) is 0 Å². The first-order valence-electron chi connectivity index (χ1n) is 13.9. The Bertz CT molecular complexity index is 1570. The summed E-state index contributed by atoms with van der Waals surface area (Å²) in [5, 5.41) is 6.89. The number of rotatable bonds is 8. The van der Waals surface area contributed by atoms with E-state index < -0.39 is 0 Å². The minimum atomic E-state index is -0.387. The number of nitrogens with zero attached hydrogens (tertiary/aromatic N) is 5. The van der Waals surface area contributed by atoms with Gasteiger partial charge in [-0.3, -0.25) is 9.69 Å². The predicted molar refractivity (Wildman–Crippen MR) is 161 cm³/mol. The maximum Gasteiger partial charge on any atom is 0.258 e. The SMILES string of the molecule is CN1c2ccc(NC(=O)c3cncnc3)cc2NC1CN1CCC(c2cccc(OCc3ccc(Cl)cc3F)n2)CC1. The molecule has 1 amide bonds. The fraction of sp³-hybridized carbons (Fsp3) is 0.290. The topological polar surface area (TPSA) is 95.5 Å². The molecule has 0 saturated carbocycles. The molecule has 0 radical (unpaired) electrons. The lowest BCUT2D eigenvalue weighted by molar-refractivity contribution is 0.102. The van der Waals surface area contributed by atoms with E-state index in [0.717, 1.165) is 49.5 Å². The Morgan fingerprint density at radius 2 is 1.93 bits per heavy atom. The van der Waals surface area contributed by atoms with Crippen molar-refractivity contribution in [1.82, 2.24) is 19.9 Å². The molecule has 1 saturated heterocycles. The van der Waals surface area contributed by atoms with E-state index in [1.54, 1.807) is 18.2 Å². The van der Waals surface area contributed by atoms with E-state index in [4.69, 9.17) is 21.3 Å². The lowest BCUT2D eigenvalue weighted by Gasteiger charge is -2.35. The molecule has 2 aromatic heterocycles. The highest BCUT2D eigenvalue weighted by molar-refractivity contribution is 6.30. The van der Waals surface area contributed by atoms with Crippen LogP contribution in [0.15, 0.2) is 73.3 Å². The summed E-state index contributed by atoms with van der Waals surface area (Å²) in [6, 6.07) is 16.2. The number of fused-ring (bicyclic) bond motifs is 1. The number of halogens is 2. The minimum Gasteiger partial charge on any atom is -0.473 e. The van der Waals surface area contributed by atoms with Gasteiger partial charge in [0.2, 0.25) is 5.88 Å². The maximum atomic E-state index is 14.1. The van der Waals surface area contributed by atoms with Crippen LogP contribution in [0.2, 0.25) is 5.02 Å². The second-order valence-electron chi connectivity index (χ2n) is 10.6. The number of piperidine rings is 1. The molecule has 2 N–H and O–H groups in total. The number of anilines is 3. The molecule has 42 heavy (non-hydrogen) atoms. The van der Waals surface area contributed by atoms with Crippen LogP contribution in [0.4, 0.5) is 21.5 Å². The molecule has 11 heteroatoms. The summed E-state index contributed by atoms with van der Waals surface area (Å²) in [6.45, 7) is 2.87. The fourth-order valence-corrected chi connectivity index (χ4v) is 5.61. The van der Waals surface area contributed by atoms with Gasteiger partial charge in [0.05, 0.1) is 16.9 Å². The zero-order valence-electron chi connectivity index (χ0n) is 23.1. The van der Waals surface area contributed by atoms with Crippen molar-refractivity contribution in [3.63, 3.8) is 0 Å². The number of hydrogen-bond acceptors (Lipinski definition) is 8. The monoisotopic (exact) mass is 587 g/mol. The van der Waals surface area contributed by atoms with Crippen molar-refractivity contribution in [2.45, 2.75) is 31.5 Å². The molecule has 0 bridgehead atoms. The van der Waals surface area contributed by atoms with E-state index in [1.807, 2.05) is 30.3 Å². The molecule has 0 aliphatic carbocycles. The van der Waals surface area contributed by atoms with Crippen molar-refractivity contribution in [3.8, 4) is 5.88 Å². The molecular weight excluding hydrogens is 557 g/mol. The van der Waals surface area contributed by atoms with E-state index in [1.165, 1.54) is 24.8 Å². The van der Waals surface area contributed by atoms with E-state index in [2.05, 4.69) is 37.4 Å². The Labute approximate surface area is 248 Å². The van der Waals surface area contributed by atoms with E-state index >= 15 is 0 Å². The van der Waals surface area contributed by atoms with Crippen LogP contribution >= 0.6 is 11.6 Å². The second kappa shape index (κ2) is 12.3. The van der Waals surface area contributed by atoms with Crippen LogP contribution in [0.1, 0.15) is 40.4 Å². The van der Waals surface area contributed by atoms with Crippen molar-refractivity contribution in [3.05, 3.63) is 101 Å². The molecule has 2 aromatic carbocycles. The van der Waals surface area contributed by atoms with Crippen molar-refractivity contribution >= 4 is 34.6 Å². The van der Waals surface area contributed by atoms with Gasteiger partial charge in [0, 0.05) is 59.9 Å². The Kier molecular flexibility index (Phi) is 8.16. The number of amides is 1. The number of hydrogen-bond donors (Lipinski definition) is 2. The van der Waals surface area contributed by atoms with Crippen molar-refractivity contribution in [2.75, 3.05) is 42.2 Å². The molecule has 1 atom stereocenters. The van der Waals surface area contributed by atoms with E-state index in [0.29, 0.717) is 33.6 Å². The summed E-state index contributed by atoms with van der Waals surface area (Å²) < 4.78 is 19.9. The smallest absolute Gasteiger partial charge is 0.258 e. The molecule has 4 heterocycles. The van der Waals surface area contributed by atoms with Gasteiger partial charge in [0.15, 0.2) is 0 Å². The van der Waals surface area contributed by atoms with Crippen LogP contribution in [-0.2, 0) is 6.61 Å². The van der Waals surface area contributed by atoms with Crippen LogP contribution < -0.4 is 20.3 Å². The highest BCUT2D eigenvalue weighted by Gasteiger charge is 2.30. The highest BCUT2D eigenvalue weighted by atomic mass is 35.5. The summed E-state index contributed by atoms with van der Waals surface area (Å²) in [5.41, 5.74) is 4.64. The lowest BCUT2D eigenvalue weighted by Crippen LogP contribution is -2.46. The van der Waals surface area contributed by atoms with Gasteiger partial charge in [-0.05, 0) is 62.3 Å². The number of likely N-dealkylation sites (tertiary alicyclic amines) is 1. The first-order chi connectivity index (χ1) is 20.4. The van der Waals surface area contributed by atoms with Crippen molar-refractivity contribution < 1.29 is 13.9 Å². The van der Waals surface area contributed by atoms with Crippen molar-refractivity contribution in [1.29, 1.82) is 0 Å². The normalized spacial score (nSPS) is 17.0. The molecule has 9 nitrogen and oxygen atoms in total. The number of pyridine rings is 1. The molecule has 1 unspecified atom stereocenters. The Hall–Kier alpha value is -4.28. The number of nitrogens with one attached hydrogen (secondary N) is 2. The van der Waals surface area contributed by atoms with Gasteiger partial charge in [0.1, 0.15) is 24.9 Å². The van der Waals surface area contributed by atoms with Gasteiger partial charge < -0.3 is 20.3 Å². The number of aromatic nitrogens is 3. The van der Waals surface area contributed by atoms with Crippen molar-refractivity contribution in [2.24, 2.45) is 0 Å². The summed E-state index contributed by atoms with van der Waals surface area (Å²) in [6.07, 6.45) is 6.48. The average molecular weight is 588 g/mol. The largest absolute Gasteiger partial charge is 0.473 e. The van der Waals surface area contributed by atoms with Crippen LogP contribution in [0.25, 0.3) is 0 Å². The van der Waals surface area contributed by atoms with Crippen LogP contribution in [0.3, 0.4) is 0 Å². The average Bonchev–Trinajstić information content (AvgIpc) is 3.31. The molecule has 0 spiro atoms. The molecule has 6 rings (SSSR count). The van der Waals surface area contributed by atoms with E-state index in [9.17, 15) is 9.18 Å². The number of benzene rings is 2. The molecule has 4 aromatic rings. The summed E-state index contributed by atoms with van der Waals surface area (Å²) in [7, 11) is 2.08. The maximum absolute atomic E-state index is 14.1. The molecular formula is C31H31ClFN7O2. The van der Waals surface area contributed by atoms with Gasteiger partial charge >= 0.3 is 0 Å². The first kappa shape index (κ1) is 27.9. The quantitative estimate of drug-likeness (QED) is 0.277. The number of carbonyl (C=O) groups is 1. The van der Waals surface area contributed by atoms with E-state index in [-0.39, 0.29) is 24.5 Å². The highest BCUT2D eigenvalue weighted by Crippen LogP contribution is 2.36. The second-order valence-corrected chi connectivity index (χ2v) is 11.0. The summed E-state index contributed by atoms with van der Waals surface area (Å²) >= 11 is 5.85. The molecule has 216 valence electrons. The standard InChI is InChI=1S/C31H31ClFN7O2/c1-39-28-8-7-24(36-31(41)22-15-34-19-35-16-22)14-27(28)37-29(39)17-40-11-9-20(10-12-40)26-3-2-4-30(38-26)42-18-21-5-6-23(32)13-25(21)33/h2-8,13-16,19-20,29,37H,9-12,17-18H2,1H3,(H,36,41). The van der Waals surface area contributed by atoms with Gasteiger partial charge in [-0.1, -0.05) is 23.7 Å². The Morgan fingerprint density at radius 1 is 1.12 bits per heavy atom. The lowest BCUT2D eigenvalue weighted by atomic mass is 9.93. The Morgan fingerprint density at radius 3 is 2.71 bits per heavy atom. The third kappa shape index (κ3) is 6.29. The fourth-order valence-electron chi connectivity index (χ4n) is 5.45. The van der Waals surface area contributed by atoms with Gasteiger partial charge in [-0.2, -0.15) is 0 Å². The minimum absolute atomic E-state index is 0.0953. The van der Waals surface area contributed by atoms with Gasteiger partial charge in [0.25, 0.3) is 5.91 Å². The third-order valence-corrected chi connectivity index (χ3v) is 8.05. The Balaban J connectivity index is 1.01. The first-order valence-corrected chi connectivity index (χ1v) is 14.3. The predicted octanol–water partition coefficient (Wildman–Crippen LogP) is 5.56. The number of likely N-dealkylation sites (N-methyl/N-ethyl adjacent to an activating group) is 1. The molecule has 1 fully saturated rings. The van der Waals surface area contributed by atoms with Crippen LogP contribution in [-0.4, -0.2) is 58.6 Å². The number of carbonyl (C=O) groups excluding carboxylic acids is 1. The van der Waals surface area contributed by atoms with Crippen LogP contribution in [0, 0.1) is 5.82 Å².